The topological polar surface area (TPSA) is 78.1 Å². The molecule has 0 radical (unpaired) electrons. The molecular formula is C20H18N4O2. The summed E-state index contributed by atoms with van der Waals surface area (Å²) in [5.41, 5.74) is 3.55. The largest absolute Gasteiger partial charge is 0.345 e. The summed E-state index contributed by atoms with van der Waals surface area (Å²) < 4.78 is 0. The predicted octanol–water partition coefficient (Wildman–Crippen LogP) is 2.99. The highest BCUT2D eigenvalue weighted by Gasteiger charge is 2.25. The van der Waals surface area contributed by atoms with E-state index in [1.807, 2.05) is 48.5 Å². The van der Waals surface area contributed by atoms with Gasteiger partial charge in [0.05, 0.1) is 0 Å². The van der Waals surface area contributed by atoms with Crippen LogP contribution in [-0.4, -0.2) is 28.3 Å². The third-order valence-electron chi connectivity index (χ3n) is 4.43. The van der Waals surface area contributed by atoms with Gasteiger partial charge in [-0.1, -0.05) is 18.2 Å². The molecule has 0 spiro atoms. The molecular weight excluding hydrogens is 328 g/mol. The Labute approximate surface area is 150 Å². The smallest absolute Gasteiger partial charge is 0.244 e. The van der Waals surface area contributed by atoms with E-state index in [9.17, 15) is 9.59 Å². The lowest BCUT2D eigenvalue weighted by Gasteiger charge is -2.28. The number of nitrogens with one attached hydrogen (secondary N) is 2. The molecule has 26 heavy (non-hydrogen) atoms. The van der Waals surface area contributed by atoms with Crippen molar-refractivity contribution in [2.24, 2.45) is 0 Å². The van der Waals surface area contributed by atoms with Crippen molar-refractivity contribution < 1.29 is 9.59 Å². The van der Waals surface area contributed by atoms with Crippen molar-refractivity contribution >= 4 is 23.2 Å². The minimum Gasteiger partial charge on any atom is -0.345 e. The number of H-pyrrole nitrogens is 1. The lowest BCUT2D eigenvalue weighted by atomic mass is 10.0. The number of hydrogen-bond acceptors (Lipinski definition) is 3. The molecule has 2 heterocycles. The number of hydrogen-bond donors (Lipinski definition) is 2. The summed E-state index contributed by atoms with van der Waals surface area (Å²) in [5, 5.41) is 2.85. The molecule has 3 aromatic rings. The van der Waals surface area contributed by atoms with E-state index in [2.05, 4.69) is 15.3 Å². The molecule has 4 rings (SSSR count). The van der Waals surface area contributed by atoms with Crippen LogP contribution in [0.3, 0.4) is 0 Å². The first-order chi connectivity index (χ1) is 12.7. The third-order valence-corrected chi connectivity index (χ3v) is 4.43. The molecule has 2 aromatic carbocycles. The quantitative estimate of drug-likeness (QED) is 0.762. The zero-order valence-electron chi connectivity index (χ0n) is 14.1. The van der Waals surface area contributed by atoms with Crippen LogP contribution in [0, 0.1) is 0 Å². The SMILES string of the molecule is O=C(CN1C(=O)CCc2ccccc21)Nc1ccc(-c2ncc[nH]2)cc1. The number of nitrogens with zero attached hydrogens (tertiary/aromatic N) is 2. The number of aromatic nitrogens is 2. The molecule has 6 nitrogen and oxygen atoms in total. The number of amides is 2. The second-order valence-electron chi connectivity index (χ2n) is 6.17. The van der Waals surface area contributed by atoms with Gasteiger partial charge >= 0.3 is 0 Å². The van der Waals surface area contributed by atoms with Gasteiger partial charge in [0.15, 0.2) is 0 Å². The van der Waals surface area contributed by atoms with Crippen molar-refractivity contribution in [1.29, 1.82) is 0 Å². The zero-order valence-corrected chi connectivity index (χ0v) is 14.1. The summed E-state index contributed by atoms with van der Waals surface area (Å²) in [6.45, 7) is 0.00970. The first-order valence-corrected chi connectivity index (χ1v) is 8.48. The van der Waals surface area contributed by atoms with E-state index in [0.717, 1.165) is 29.1 Å². The maximum atomic E-state index is 12.4. The van der Waals surface area contributed by atoms with Gasteiger partial charge in [0.1, 0.15) is 12.4 Å². The van der Waals surface area contributed by atoms with Crippen LogP contribution in [0.5, 0.6) is 0 Å². The summed E-state index contributed by atoms with van der Waals surface area (Å²) in [5.74, 6) is 0.534. The van der Waals surface area contributed by atoms with E-state index in [1.54, 1.807) is 17.3 Å². The van der Waals surface area contributed by atoms with Crippen LogP contribution in [0.25, 0.3) is 11.4 Å². The van der Waals surface area contributed by atoms with E-state index in [0.29, 0.717) is 12.1 Å². The molecule has 1 aliphatic heterocycles. The minimum absolute atomic E-state index is 0.00970. The van der Waals surface area contributed by atoms with Crippen LogP contribution >= 0.6 is 0 Å². The van der Waals surface area contributed by atoms with Gasteiger partial charge < -0.3 is 15.2 Å². The number of anilines is 2. The number of para-hydroxylation sites is 1. The fraction of sp³-hybridized carbons (Fsp3) is 0.150. The van der Waals surface area contributed by atoms with Crippen molar-refractivity contribution in [3.05, 3.63) is 66.5 Å². The third kappa shape index (κ3) is 3.21. The highest BCUT2D eigenvalue weighted by Crippen LogP contribution is 2.27. The van der Waals surface area contributed by atoms with Gasteiger partial charge in [-0.15, -0.1) is 0 Å². The van der Waals surface area contributed by atoms with Crippen molar-refractivity contribution in [1.82, 2.24) is 9.97 Å². The maximum absolute atomic E-state index is 12.4. The standard InChI is InChI=1S/C20H18N4O2/c25-18(13-24-17-4-2-1-3-14(17)7-10-19(24)26)23-16-8-5-15(6-9-16)20-21-11-12-22-20/h1-6,8-9,11-12H,7,10,13H2,(H,21,22)(H,23,25). The van der Waals surface area contributed by atoms with E-state index >= 15 is 0 Å². The molecule has 0 aliphatic carbocycles. The van der Waals surface area contributed by atoms with Gasteiger partial charge in [-0.3, -0.25) is 9.59 Å². The molecule has 0 unspecified atom stereocenters. The summed E-state index contributed by atoms with van der Waals surface area (Å²) in [7, 11) is 0. The number of fused-ring (bicyclic) bond motifs is 1. The van der Waals surface area contributed by atoms with Crippen LogP contribution in [0.15, 0.2) is 60.9 Å². The van der Waals surface area contributed by atoms with Gasteiger partial charge in [-0.25, -0.2) is 4.98 Å². The average molecular weight is 346 g/mol. The molecule has 0 fully saturated rings. The molecule has 0 bridgehead atoms. The first-order valence-electron chi connectivity index (χ1n) is 8.48. The van der Waals surface area contributed by atoms with Gasteiger partial charge in [-0.2, -0.15) is 0 Å². The molecule has 0 saturated carbocycles. The summed E-state index contributed by atoms with van der Waals surface area (Å²) in [6.07, 6.45) is 4.61. The highest BCUT2D eigenvalue weighted by molar-refractivity contribution is 6.04. The number of carbonyl (C=O) groups excluding carboxylic acids is 2. The Morgan fingerprint density at radius 1 is 1.12 bits per heavy atom. The minimum atomic E-state index is -0.221. The number of aryl methyl sites for hydroxylation is 1. The van der Waals surface area contributed by atoms with Crippen molar-refractivity contribution in [2.75, 3.05) is 16.8 Å². The summed E-state index contributed by atoms with van der Waals surface area (Å²) in [4.78, 5) is 33.5. The van der Waals surface area contributed by atoms with Gasteiger partial charge in [0.25, 0.3) is 0 Å². The molecule has 0 atom stereocenters. The summed E-state index contributed by atoms with van der Waals surface area (Å²) in [6, 6.07) is 15.1. The number of carbonyl (C=O) groups is 2. The monoisotopic (exact) mass is 346 g/mol. The lowest BCUT2D eigenvalue weighted by Crippen LogP contribution is -2.40. The molecule has 2 N–H and O–H groups in total. The number of benzene rings is 2. The Kier molecular flexibility index (Phi) is 4.23. The van der Waals surface area contributed by atoms with Gasteiger partial charge in [0.2, 0.25) is 11.8 Å². The zero-order chi connectivity index (χ0) is 17.9. The lowest BCUT2D eigenvalue weighted by molar-refractivity contribution is -0.121. The van der Waals surface area contributed by atoms with Crippen LogP contribution in [0.4, 0.5) is 11.4 Å². The van der Waals surface area contributed by atoms with Crippen molar-refractivity contribution in [3.8, 4) is 11.4 Å². The number of aromatic amines is 1. The van der Waals surface area contributed by atoms with Crippen LogP contribution in [0.1, 0.15) is 12.0 Å². The average Bonchev–Trinajstić information content (AvgIpc) is 3.19. The van der Waals surface area contributed by atoms with Crippen molar-refractivity contribution in [3.63, 3.8) is 0 Å². The van der Waals surface area contributed by atoms with Crippen LogP contribution in [-0.2, 0) is 16.0 Å². The molecule has 1 aliphatic rings. The maximum Gasteiger partial charge on any atom is 0.244 e. The Balaban J connectivity index is 1.45. The fourth-order valence-corrected chi connectivity index (χ4v) is 3.15. The van der Waals surface area contributed by atoms with Crippen LogP contribution < -0.4 is 10.2 Å². The Hall–Kier alpha value is -3.41. The van der Waals surface area contributed by atoms with Crippen molar-refractivity contribution in [2.45, 2.75) is 12.8 Å². The highest BCUT2D eigenvalue weighted by atomic mass is 16.2. The second-order valence-corrected chi connectivity index (χ2v) is 6.17. The predicted molar refractivity (Wildman–Crippen MR) is 99.8 cm³/mol. The molecule has 2 amide bonds. The van der Waals surface area contributed by atoms with Crippen LogP contribution in [0.2, 0.25) is 0 Å². The number of rotatable bonds is 4. The molecule has 1 aromatic heterocycles. The molecule has 6 heteroatoms. The van der Waals surface area contributed by atoms with E-state index in [-0.39, 0.29) is 18.4 Å². The van der Waals surface area contributed by atoms with E-state index in [4.69, 9.17) is 0 Å². The summed E-state index contributed by atoms with van der Waals surface area (Å²) >= 11 is 0. The Morgan fingerprint density at radius 3 is 2.69 bits per heavy atom. The van der Waals surface area contributed by atoms with Gasteiger partial charge in [-0.05, 0) is 42.3 Å². The second kappa shape index (κ2) is 6.84. The van der Waals surface area contributed by atoms with Gasteiger partial charge in [0, 0.05) is 35.8 Å². The number of imidazole rings is 1. The molecule has 130 valence electrons. The normalized spacial score (nSPS) is 13.4. The Bertz CT molecular complexity index is 933. The Morgan fingerprint density at radius 2 is 1.92 bits per heavy atom. The fourth-order valence-electron chi connectivity index (χ4n) is 3.15. The first kappa shape index (κ1) is 16.1. The van der Waals surface area contributed by atoms with E-state index < -0.39 is 0 Å². The molecule has 0 saturated heterocycles. The van der Waals surface area contributed by atoms with E-state index in [1.165, 1.54) is 0 Å².